The third-order valence-electron chi connectivity index (χ3n) is 7.42. The molecule has 2 aliphatic rings. The topological polar surface area (TPSA) is 122 Å². The van der Waals surface area contributed by atoms with Gasteiger partial charge in [0.15, 0.2) is 9.84 Å². The van der Waals surface area contributed by atoms with E-state index in [1.807, 2.05) is 29.2 Å². The van der Waals surface area contributed by atoms with E-state index >= 15 is 0 Å². The fourth-order valence-electron chi connectivity index (χ4n) is 5.14. The molecule has 2 aromatic carbocycles. The van der Waals surface area contributed by atoms with Crippen molar-refractivity contribution in [3.05, 3.63) is 82.3 Å². The average molecular weight is 641 g/mol. The number of carbonyl (C=O) groups excluding carboxylic acids is 2. The van der Waals surface area contributed by atoms with Crippen molar-refractivity contribution < 1.29 is 22.7 Å². The Kier molecular flexibility index (Phi) is 9.65. The predicted octanol–water partition coefficient (Wildman–Crippen LogP) is 4.53. The van der Waals surface area contributed by atoms with Gasteiger partial charge in [0.25, 0.3) is 5.91 Å². The predicted molar refractivity (Wildman–Crippen MR) is 169 cm³/mol. The SMILES string of the molecule is CS(=O)(=O)c1cccc(-c2ccc(C(C=C(N)C(=O)N3CCCC(C(=O)N4CCOCC4)C3)=Nc3ccccc3Cl)s2)c1. The maximum Gasteiger partial charge on any atom is 0.269 e. The Hall–Kier alpha value is -3.51. The van der Waals surface area contributed by atoms with Crippen molar-refractivity contribution in [2.24, 2.45) is 16.6 Å². The molecule has 9 nitrogen and oxygen atoms in total. The third-order valence-corrected chi connectivity index (χ3v) is 10.0. The van der Waals surface area contributed by atoms with Crippen molar-refractivity contribution >= 4 is 56.0 Å². The first kappa shape index (κ1) is 30.9. The van der Waals surface area contributed by atoms with E-state index in [4.69, 9.17) is 27.1 Å². The minimum atomic E-state index is -3.37. The van der Waals surface area contributed by atoms with Gasteiger partial charge in [-0.3, -0.25) is 9.59 Å². The molecule has 0 spiro atoms. The first-order valence-electron chi connectivity index (χ1n) is 14.0. The number of nitrogens with zero attached hydrogens (tertiary/aromatic N) is 3. The van der Waals surface area contributed by atoms with Crippen molar-refractivity contribution in [2.45, 2.75) is 17.7 Å². The minimum absolute atomic E-state index is 0.000649. The van der Waals surface area contributed by atoms with Gasteiger partial charge in [-0.2, -0.15) is 0 Å². The number of piperidine rings is 1. The molecule has 0 bridgehead atoms. The quantitative estimate of drug-likeness (QED) is 0.299. The molecule has 2 aliphatic heterocycles. The molecule has 1 atom stereocenters. The lowest BCUT2D eigenvalue weighted by atomic mass is 9.96. The number of ether oxygens (including phenoxy) is 1. The van der Waals surface area contributed by atoms with Gasteiger partial charge >= 0.3 is 0 Å². The van der Waals surface area contributed by atoms with Gasteiger partial charge in [-0.15, -0.1) is 11.3 Å². The van der Waals surface area contributed by atoms with Gasteiger partial charge in [0.05, 0.1) is 51.0 Å². The number of amides is 2. The van der Waals surface area contributed by atoms with Gasteiger partial charge < -0.3 is 20.3 Å². The van der Waals surface area contributed by atoms with E-state index in [-0.39, 0.29) is 28.3 Å². The molecule has 1 aromatic heterocycles. The van der Waals surface area contributed by atoms with E-state index in [1.54, 1.807) is 47.4 Å². The summed E-state index contributed by atoms with van der Waals surface area (Å²) in [5.74, 6) is -0.582. The molecule has 226 valence electrons. The first-order chi connectivity index (χ1) is 20.6. The number of benzene rings is 2. The number of halogens is 1. The van der Waals surface area contributed by atoms with Crippen LogP contribution in [-0.4, -0.2) is 81.4 Å². The Morgan fingerprint density at radius 1 is 1.05 bits per heavy atom. The van der Waals surface area contributed by atoms with Crippen molar-refractivity contribution in [1.82, 2.24) is 9.80 Å². The first-order valence-corrected chi connectivity index (χ1v) is 17.1. The van der Waals surface area contributed by atoms with Gasteiger partial charge in [-0.1, -0.05) is 35.9 Å². The molecular weight excluding hydrogens is 608 g/mol. The van der Waals surface area contributed by atoms with Crippen molar-refractivity contribution in [2.75, 3.05) is 45.6 Å². The molecule has 1 unspecified atom stereocenters. The van der Waals surface area contributed by atoms with Crippen LogP contribution >= 0.6 is 22.9 Å². The van der Waals surface area contributed by atoms with Gasteiger partial charge in [0.2, 0.25) is 5.91 Å². The summed E-state index contributed by atoms with van der Waals surface area (Å²) in [6, 6.07) is 17.6. The van der Waals surface area contributed by atoms with Crippen LogP contribution in [0.2, 0.25) is 5.02 Å². The largest absolute Gasteiger partial charge is 0.394 e. The number of aliphatic imine (C=N–C) groups is 1. The summed E-state index contributed by atoms with van der Waals surface area (Å²) in [6.45, 7) is 3.00. The Labute approximate surface area is 260 Å². The van der Waals surface area contributed by atoms with Crippen LogP contribution in [0.4, 0.5) is 5.69 Å². The van der Waals surface area contributed by atoms with Gasteiger partial charge in [-0.25, -0.2) is 13.4 Å². The summed E-state index contributed by atoms with van der Waals surface area (Å²) in [5.41, 5.74) is 8.10. The molecule has 2 amide bonds. The van der Waals surface area contributed by atoms with Crippen LogP contribution in [0.25, 0.3) is 10.4 Å². The second-order valence-electron chi connectivity index (χ2n) is 10.5. The number of morpholine rings is 1. The van der Waals surface area contributed by atoms with E-state index in [9.17, 15) is 18.0 Å². The Morgan fingerprint density at radius 3 is 2.56 bits per heavy atom. The van der Waals surface area contributed by atoms with Crippen molar-refractivity contribution in [1.29, 1.82) is 0 Å². The molecule has 2 saturated heterocycles. The summed E-state index contributed by atoms with van der Waals surface area (Å²) < 4.78 is 29.6. The summed E-state index contributed by atoms with van der Waals surface area (Å²) in [7, 11) is -3.37. The Bertz CT molecular complexity index is 1680. The number of likely N-dealkylation sites (tertiary alicyclic amines) is 1. The highest BCUT2D eigenvalue weighted by Crippen LogP contribution is 2.32. The number of allylic oxidation sites excluding steroid dienone is 1. The van der Waals surface area contributed by atoms with Crippen molar-refractivity contribution in [3.63, 3.8) is 0 Å². The second-order valence-corrected chi connectivity index (χ2v) is 14.0. The summed E-state index contributed by atoms with van der Waals surface area (Å²) in [5, 5.41) is 0.441. The zero-order valence-electron chi connectivity index (χ0n) is 23.7. The lowest BCUT2D eigenvalue weighted by Gasteiger charge is -2.36. The molecule has 43 heavy (non-hydrogen) atoms. The zero-order valence-corrected chi connectivity index (χ0v) is 26.1. The van der Waals surface area contributed by atoms with E-state index in [1.165, 1.54) is 17.6 Å². The van der Waals surface area contributed by atoms with Crippen LogP contribution in [-0.2, 0) is 24.2 Å². The monoisotopic (exact) mass is 640 g/mol. The minimum Gasteiger partial charge on any atom is -0.394 e. The van der Waals surface area contributed by atoms with E-state index < -0.39 is 9.84 Å². The fraction of sp³-hybridized carbons (Fsp3) is 0.323. The highest BCUT2D eigenvalue weighted by molar-refractivity contribution is 7.90. The number of sulfone groups is 1. The molecule has 5 rings (SSSR count). The number of para-hydroxylation sites is 1. The summed E-state index contributed by atoms with van der Waals surface area (Å²) in [6.07, 6.45) is 4.15. The summed E-state index contributed by atoms with van der Waals surface area (Å²) in [4.78, 5) is 36.6. The summed E-state index contributed by atoms with van der Waals surface area (Å²) >= 11 is 7.81. The molecule has 2 fully saturated rings. The lowest BCUT2D eigenvalue weighted by Crippen LogP contribution is -2.50. The molecule has 3 heterocycles. The smallest absolute Gasteiger partial charge is 0.269 e. The lowest BCUT2D eigenvalue weighted by molar-refractivity contribution is -0.143. The number of nitrogens with two attached hydrogens (primary N) is 1. The van der Waals surface area contributed by atoms with E-state index in [0.717, 1.165) is 21.7 Å². The molecule has 2 N–H and O–H groups in total. The maximum atomic E-state index is 13.5. The van der Waals surface area contributed by atoms with Gasteiger partial charge in [-0.05, 0) is 60.9 Å². The van der Waals surface area contributed by atoms with Gasteiger partial charge in [0.1, 0.15) is 0 Å². The number of hydrogen-bond acceptors (Lipinski definition) is 8. The van der Waals surface area contributed by atoms with Crippen LogP contribution in [0.15, 0.2) is 82.3 Å². The highest BCUT2D eigenvalue weighted by atomic mass is 35.5. The van der Waals surface area contributed by atoms with E-state index in [0.29, 0.717) is 62.2 Å². The normalized spacial score (nSPS) is 18.5. The molecule has 12 heteroatoms. The van der Waals surface area contributed by atoms with E-state index in [2.05, 4.69) is 0 Å². The Morgan fingerprint density at radius 2 is 1.81 bits per heavy atom. The molecule has 0 saturated carbocycles. The standard InChI is InChI=1S/C31H33ClN4O5S2/c1-43(39,40)23-8-4-6-21(18-23)28-11-12-29(42-28)27(34-26-10-3-2-9-24(26)32)19-25(33)31(38)36-13-5-7-22(20-36)30(37)35-14-16-41-17-15-35/h2-4,6,8-12,18-19,22H,5,7,13-17,20,33H2,1H3. The number of carbonyl (C=O) groups is 2. The molecular formula is C31H33ClN4O5S2. The Balaban J connectivity index is 1.42. The van der Waals surface area contributed by atoms with Gasteiger partial charge in [0, 0.05) is 37.3 Å². The number of hydrogen-bond donors (Lipinski definition) is 1. The molecule has 3 aromatic rings. The molecule has 0 radical (unpaired) electrons. The van der Waals surface area contributed by atoms with Crippen LogP contribution in [0.3, 0.4) is 0 Å². The van der Waals surface area contributed by atoms with Crippen LogP contribution < -0.4 is 5.73 Å². The zero-order chi connectivity index (χ0) is 30.6. The highest BCUT2D eigenvalue weighted by Gasteiger charge is 2.32. The van der Waals surface area contributed by atoms with Crippen LogP contribution in [0.1, 0.15) is 17.7 Å². The number of rotatable bonds is 7. The number of thiophene rings is 1. The second kappa shape index (κ2) is 13.4. The fourth-order valence-corrected chi connectivity index (χ4v) is 6.95. The van der Waals surface area contributed by atoms with Crippen molar-refractivity contribution in [3.8, 4) is 10.4 Å². The average Bonchev–Trinajstić information content (AvgIpc) is 3.52. The maximum absolute atomic E-state index is 13.5. The molecule has 0 aliphatic carbocycles. The van der Waals surface area contributed by atoms with Crippen LogP contribution in [0.5, 0.6) is 0 Å². The van der Waals surface area contributed by atoms with Crippen LogP contribution in [0, 0.1) is 5.92 Å². The third kappa shape index (κ3) is 7.53.